The van der Waals surface area contributed by atoms with Crippen molar-refractivity contribution >= 4 is 24.0 Å². The molecule has 0 unspecified atom stereocenters. The quantitative estimate of drug-likeness (QED) is 0.543. The summed E-state index contributed by atoms with van der Waals surface area (Å²) in [6, 6.07) is 11.3. The molecule has 0 aliphatic rings. The highest BCUT2D eigenvalue weighted by molar-refractivity contribution is 5.96. The Kier molecular flexibility index (Phi) is 8.96. The third kappa shape index (κ3) is 6.24. The number of hydrogen-bond acceptors (Lipinski definition) is 4. The normalized spacial score (nSPS) is 10.1. The smallest absolute Gasteiger partial charge is 0.251 e. The molecule has 0 spiro atoms. The number of rotatable bonds is 8. The van der Waals surface area contributed by atoms with E-state index in [0.717, 1.165) is 22.4 Å². The van der Waals surface area contributed by atoms with Crippen LogP contribution in [0.15, 0.2) is 36.4 Å². The fraction of sp³-hybridized carbons (Fsp3) is 0.350. The van der Waals surface area contributed by atoms with Crippen LogP contribution in [0.5, 0.6) is 5.75 Å². The number of carbonyl (C=O) groups is 1. The van der Waals surface area contributed by atoms with Gasteiger partial charge in [0, 0.05) is 30.0 Å². The Balaban J connectivity index is 0.00000338. The molecule has 0 saturated carbocycles. The average Bonchev–Trinajstić information content (AvgIpc) is 2.59. The van der Waals surface area contributed by atoms with Crippen molar-refractivity contribution in [2.45, 2.75) is 27.3 Å². The van der Waals surface area contributed by atoms with E-state index in [-0.39, 0.29) is 18.3 Å². The number of amides is 1. The van der Waals surface area contributed by atoms with E-state index in [1.165, 1.54) is 0 Å². The number of benzene rings is 2. The van der Waals surface area contributed by atoms with Crippen LogP contribution in [0.4, 0.5) is 5.69 Å². The second-order valence-corrected chi connectivity index (χ2v) is 5.91. The second-order valence-electron chi connectivity index (χ2n) is 5.91. The van der Waals surface area contributed by atoms with Crippen molar-refractivity contribution in [1.82, 2.24) is 5.32 Å². The summed E-state index contributed by atoms with van der Waals surface area (Å²) in [6.45, 7) is 7.92. The fourth-order valence-corrected chi connectivity index (χ4v) is 2.45. The van der Waals surface area contributed by atoms with Crippen LogP contribution in [0.25, 0.3) is 0 Å². The van der Waals surface area contributed by atoms with Crippen molar-refractivity contribution in [3.63, 3.8) is 0 Å². The molecule has 0 radical (unpaired) electrons. The predicted octanol–water partition coefficient (Wildman–Crippen LogP) is 3.65. The molecule has 5 nitrogen and oxygen atoms in total. The predicted molar refractivity (Wildman–Crippen MR) is 107 cm³/mol. The molecule has 6 heteroatoms. The minimum atomic E-state index is -0.148. The van der Waals surface area contributed by atoms with E-state index in [2.05, 4.69) is 5.32 Å². The molecule has 2 aromatic carbocycles. The molecular weight excluding hydrogens is 352 g/mol. The topological polar surface area (TPSA) is 73.6 Å². The molecule has 3 N–H and O–H groups in total. The van der Waals surface area contributed by atoms with E-state index in [1.54, 1.807) is 12.1 Å². The average molecular weight is 379 g/mol. The summed E-state index contributed by atoms with van der Waals surface area (Å²) in [7, 11) is 0. The molecule has 0 saturated heterocycles. The van der Waals surface area contributed by atoms with Crippen LogP contribution >= 0.6 is 12.4 Å². The summed E-state index contributed by atoms with van der Waals surface area (Å²) in [5, 5.41) is 2.94. The molecule has 2 rings (SSSR count). The van der Waals surface area contributed by atoms with Gasteiger partial charge in [-0.15, -0.1) is 12.4 Å². The van der Waals surface area contributed by atoms with Crippen LogP contribution in [0.1, 0.15) is 34.0 Å². The first-order valence-corrected chi connectivity index (χ1v) is 8.45. The first-order chi connectivity index (χ1) is 12.0. The van der Waals surface area contributed by atoms with Crippen LogP contribution in [0.2, 0.25) is 0 Å². The molecule has 0 atom stereocenters. The summed E-state index contributed by atoms with van der Waals surface area (Å²) >= 11 is 0. The molecule has 0 heterocycles. The van der Waals surface area contributed by atoms with Gasteiger partial charge in [-0.25, -0.2) is 0 Å². The Morgan fingerprint density at radius 3 is 2.62 bits per heavy atom. The van der Waals surface area contributed by atoms with Crippen molar-refractivity contribution < 1.29 is 14.3 Å². The monoisotopic (exact) mass is 378 g/mol. The van der Waals surface area contributed by atoms with Crippen molar-refractivity contribution in [2.24, 2.45) is 0 Å². The lowest BCUT2D eigenvalue weighted by Crippen LogP contribution is -2.24. The summed E-state index contributed by atoms with van der Waals surface area (Å²) in [6.07, 6.45) is 0. The van der Waals surface area contributed by atoms with Crippen molar-refractivity contribution in [3.8, 4) is 5.75 Å². The summed E-state index contributed by atoms with van der Waals surface area (Å²) in [5.41, 5.74) is 9.87. The van der Waals surface area contributed by atoms with E-state index in [4.69, 9.17) is 15.2 Å². The van der Waals surface area contributed by atoms with Crippen LogP contribution < -0.4 is 15.8 Å². The Hall–Kier alpha value is -2.24. The van der Waals surface area contributed by atoms with Gasteiger partial charge in [0.1, 0.15) is 12.4 Å². The third-order valence-electron chi connectivity index (χ3n) is 3.86. The summed E-state index contributed by atoms with van der Waals surface area (Å²) in [5.74, 6) is 0.620. The van der Waals surface area contributed by atoms with E-state index in [9.17, 15) is 4.79 Å². The van der Waals surface area contributed by atoms with Crippen molar-refractivity contribution in [3.05, 3.63) is 58.7 Å². The summed E-state index contributed by atoms with van der Waals surface area (Å²) in [4.78, 5) is 12.4. The Morgan fingerprint density at radius 1 is 1.12 bits per heavy atom. The molecule has 26 heavy (non-hydrogen) atoms. The highest BCUT2D eigenvalue weighted by atomic mass is 35.5. The zero-order chi connectivity index (χ0) is 18.2. The molecule has 0 fully saturated rings. The number of hydrogen-bond donors (Lipinski definition) is 2. The van der Waals surface area contributed by atoms with Gasteiger partial charge in [-0.1, -0.05) is 18.2 Å². The number of nitrogen functional groups attached to an aromatic ring is 1. The molecule has 0 aliphatic heterocycles. The minimum absolute atomic E-state index is 0. The third-order valence-corrected chi connectivity index (χ3v) is 3.86. The number of nitrogens with two attached hydrogens (primary N) is 1. The van der Waals surface area contributed by atoms with E-state index in [0.29, 0.717) is 37.6 Å². The Bertz CT molecular complexity index is 735. The van der Waals surface area contributed by atoms with Crippen LogP contribution in [0.3, 0.4) is 0 Å². The number of carbonyl (C=O) groups excluding carboxylic acids is 1. The fourth-order valence-electron chi connectivity index (χ4n) is 2.45. The Labute approximate surface area is 161 Å². The lowest BCUT2D eigenvalue weighted by molar-refractivity contribution is 0.0948. The van der Waals surface area contributed by atoms with Crippen molar-refractivity contribution in [2.75, 3.05) is 25.6 Å². The first-order valence-electron chi connectivity index (χ1n) is 8.45. The van der Waals surface area contributed by atoms with Gasteiger partial charge in [0.05, 0.1) is 6.61 Å². The van der Waals surface area contributed by atoms with Crippen LogP contribution in [-0.4, -0.2) is 25.7 Å². The summed E-state index contributed by atoms with van der Waals surface area (Å²) < 4.78 is 11.1. The van der Waals surface area contributed by atoms with Crippen LogP contribution in [0, 0.1) is 13.8 Å². The zero-order valence-electron chi connectivity index (χ0n) is 15.5. The van der Waals surface area contributed by atoms with Gasteiger partial charge in [-0.05, 0) is 50.1 Å². The van der Waals surface area contributed by atoms with Gasteiger partial charge in [-0.2, -0.15) is 0 Å². The highest BCUT2D eigenvalue weighted by Crippen LogP contribution is 2.21. The maximum absolute atomic E-state index is 12.4. The highest BCUT2D eigenvalue weighted by Gasteiger charge is 2.11. The van der Waals surface area contributed by atoms with Gasteiger partial charge in [0.25, 0.3) is 5.91 Å². The van der Waals surface area contributed by atoms with E-state index >= 15 is 0 Å². The number of ether oxygens (including phenoxy) is 2. The van der Waals surface area contributed by atoms with Gasteiger partial charge in [0.15, 0.2) is 0 Å². The maximum atomic E-state index is 12.4. The number of halogens is 1. The van der Waals surface area contributed by atoms with Gasteiger partial charge in [0.2, 0.25) is 0 Å². The van der Waals surface area contributed by atoms with Gasteiger partial charge >= 0.3 is 0 Å². The van der Waals surface area contributed by atoms with E-state index < -0.39 is 0 Å². The lowest BCUT2D eigenvalue weighted by atomic mass is 10.1. The first kappa shape index (κ1) is 21.8. The molecular formula is C20H27ClN2O3. The molecule has 1 amide bonds. The van der Waals surface area contributed by atoms with E-state index in [1.807, 2.05) is 45.0 Å². The molecule has 0 bridgehead atoms. The standard InChI is InChI=1S/C20H26N2O3.ClH/c1-4-24-9-10-25-19-11-14(2)5-7-16(19)13-22-20(23)18-12-17(21)8-6-15(18)3;/h5-8,11-12H,4,9-10,13,21H2,1-3H3,(H,22,23);1H. The second kappa shape index (κ2) is 10.7. The molecule has 0 aromatic heterocycles. The molecule has 2 aromatic rings. The number of nitrogens with one attached hydrogen (secondary N) is 1. The SMILES string of the molecule is CCOCCOc1cc(C)ccc1CNC(=O)c1cc(N)ccc1C.Cl. The maximum Gasteiger partial charge on any atom is 0.251 e. The van der Waals surface area contributed by atoms with Crippen LogP contribution in [-0.2, 0) is 11.3 Å². The largest absolute Gasteiger partial charge is 0.491 e. The number of aryl methyl sites for hydroxylation is 2. The number of anilines is 1. The van der Waals surface area contributed by atoms with Gasteiger partial charge < -0.3 is 20.5 Å². The molecule has 142 valence electrons. The zero-order valence-corrected chi connectivity index (χ0v) is 16.3. The molecule has 0 aliphatic carbocycles. The minimum Gasteiger partial charge on any atom is -0.491 e. The lowest BCUT2D eigenvalue weighted by Gasteiger charge is -2.14. The van der Waals surface area contributed by atoms with Crippen molar-refractivity contribution in [1.29, 1.82) is 0 Å². The van der Waals surface area contributed by atoms with Gasteiger partial charge in [-0.3, -0.25) is 4.79 Å². The Morgan fingerprint density at radius 2 is 1.88 bits per heavy atom.